The van der Waals surface area contributed by atoms with Gasteiger partial charge in [0.2, 0.25) is 0 Å². The van der Waals surface area contributed by atoms with Gasteiger partial charge in [-0.3, -0.25) is 4.90 Å². The summed E-state index contributed by atoms with van der Waals surface area (Å²) < 4.78 is 48.4. The number of fused-ring (bicyclic) bond motifs is 2. The van der Waals surface area contributed by atoms with E-state index < -0.39 is 12.0 Å². The van der Waals surface area contributed by atoms with Crippen molar-refractivity contribution in [2.75, 3.05) is 43.5 Å². The van der Waals surface area contributed by atoms with Gasteiger partial charge in [0.05, 0.1) is 34.7 Å². The molecule has 0 spiro atoms. The predicted octanol–water partition coefficient (Wildman–Crippen LogP) is 3.63. The van der Waals surface area contributed by atoms with Crippen LogP contribution in [0.3, 0.4) is 0 Å². The van der Waals surface area contributed by atoms with Crippen molar-refractivity contribution in [3.05, 3.63) is 40.2 Å². The molecule has 3 saturated heterocycles. The molecule has 3 fully saturated rings. The first-order chi connectivity index (χ1) is 18.4. The SMILES string of the molecule is Nc1ncccc1CN1c2nc(OC[C@@]34CCCN3C[C@H](F)C4)nc3c(F)c(Br)cc(c23)O[C@H]2COC[C@H]21. The van der Waals surface area contributed by atoms with Gasteiger partial charge in [0.25, 0.3) is 0 Å². The molecule has 0 unspecified atom stereocenters. The van der Waals surface area contributed by atoms with E-state index >= 15 is 4.39 Å². The van der Waals surface area contributed by atoms with E-state index in [9.17, 15) is 4.39 Å². The molecule has 2 aromatic heterocycles. The maximum Gasteiger partial charge on any atom is 0.319 e. The fourth-order valence-corrected chi connectivity index (χ4v) is 6.79. The van der Waals surface area contributed by atoms with Crippen LogP contribution in [0.2, 0.25) is 0 Å². The first kappa shape index (κ1) is 24.2. The van der Waals surface area contributed by atoms with E-state index in [1.165, 1.54) is 0 Å². The number of halogens is 3. The molecule has 9 nitrogen and oxygen atoms in total. The molecule has 0 saturated carbocycles. The Bertz CT molecular complexity index is 1420. The van der Waals surface area contributed by atoms with E-state index in [4.69, 9.17) is 24.9 Å². The molecule has 3 aromatic rings. The fraction of sp³-hybridized carbons (Fsp3) is 0.500. The summed E-state index contributed by atoms with van der Waals surface area (Å²) in [6.45, 7) is 2.64. The van der Waals surface area contributed by atoms with Crippen molar-refractivity contribution >= 4 is 38.5 Å². The number of benzene rings is 1. The smallest absolute Gasteiger partial charge is 0.319 e. The summed E-state index contributed by atoms with van der Waals surface area (Å²) in [6.07, 6.45) is 2.70. The number of hydrogen-bond acceptors (Lipinski definition) is 9. The molecule has 6 heterocycles. The minimum atomic E-state index is -0.881. The van der Waals surface area contributed by atoms with Crippen LogP contribution in [0.1, 0.15) is 24.8 Å². The third-order valence-electron chi connectivity index (χ3n) is 8.24. The number of nitrogen functional groups attached to an aromatic ring is 1. The van der Waals surface area contributed by atoms with Crippen LogP contribution < -0.4 is 20.1 Å². The number of rotatable bonds is 5. The van der Waals surface area contributed by atoms with Crippen LogP contribution in [-0.4, -0.2) is 76.6 Å². The second-order valence-electron chi connectivity index (χ2n) is 10.5. The minimum absolute atomic E-state index is 0.0421. The fourth-order valence-electron chi connectivity index (χ4n) is 6.40. The topological polar surface area (TPSA) is 98.9 Å². The molecule has 4 aliphatic heterocycles. The molecular formula is C26H27BrF2N6O3. The highest BCUT2D eigenvalue weighted by atomic mass is 79.9. The van der Waals surface area contributed by atoms with E-state index in [0.29, 0.717) is 55.5 Å². The van der Waals surface area contributed by atoms with Gasteiger partial charge in [-0.25, -0.2) is 13.8 Å². The summed E-state index contributed by atoms with van der Waals surface area (Å²) in [5, 5.41) is 0.459. The van der Waals surface area contributed by atoms with Crippen molar-refractivity contribution in [3.63, 3.8) is 0 Å². The summed E-state index contributed by atoms with van der Waals surface area (Å²) in [4.78, 5) is 17.7. The number of aromatic nitrogens is 3. The van der Waals surface area contributed by atoms with Crippen molar-refractivity contribution in [2.45, 2.75) is 49.7 Å². The van der Waals surface area contributed by atoms with Gasteiger partial charge in [-0.2, -0.15) is 9.97 Å². The highest BCUT2D eigenvalue weighted by Gasteiger charge is 2.49. The number of nitrogens with zero attached hydrogens (tertiary/aromatic N) is 5. The minimum Gasteiger partial charge on any atom is -0.485 e. The average molecular weight is 589 g/mol. The highest BCUT2D eigenvalue weighted by molar-refractivity contribution is 9.10. The monoisotopic (exact) mass is 588 g/mol. The molecule has 1 aromatic carbocycles. The number of ether oxygens (including phenoxy) is 3. The average Bonchev–Trinajstić information content (AvgIpc) is 3.57. The molecule has 4 atom stereocenters. The Morgan fingerprint density at radius 3 is 3.05 bits per heavy atom. The molecule has 0 amide bonds. The van der Waals surface area contributed by atoms with E-state index in [1.807, 2.05) is 17.0 Å². The Labute approximate surface area is 226 Å². The number of pyridine rings is 1. The molecule has 4 aliphatic rings. The van der Waals surface area contributed by atoms with Crippen LogP contribution in [0.4, 0.5) is 20.4 Å². The van der Waals surface area contributed by atoms with Gasteiger partial charge < -0.3 is 24.8 Å². The second kappa shape index (κ2) is 9.13. The Morgan fingerprint density at radius 2 is 2.18 bits per heavy atom. The highest BCUT2D eigenvalue weighted by Crippen LogP contribution is 2.45. The first-order valence-electron chi connectivity index (χ1n) is 12.8. The number of anilines is 2. The van der Waals surface area contributed by atoms with E-state index in [1.54, 1.807) is 12.3 Å². The summed E-state index contributed by atoms with van der Waals surface area (Å²) in [6, 6.07) is 5.17. The van der Waals surface area contributed by atoms with Crippen LogP contribution in [-0.2, 0) is 11.3 Å². The van der Waals surface area contributed by atoms with Gasteiger partial charge in [-0.1, -0.05) is 6.07 Å². The van der Waals surface area contributed by atoms with Gasteiger partial charge >= 0.3 is 6.01 Å². The van der Waals surface area contributed by atoms with Gasteiger partial charge in [-0.15, -0.1) is 0 Å². The zero-order chi connectivity index (χ0) is 26.0. The standard InChI is InChI=1S/C26H27BrF2N6O3/c27-16-7-18-20-22(21(16)29)32-25(37-13-26-4-2-6-34(26)10-15(28)8-26)33-24(20)35(17-11-36-12-19(17)38-18)9-14-3-1-5-31-23(14)30/h1,3,5,7,15,17,19H,2,4,6,8-13H2,(H2,30,31)/t15-,17-,19+,26+/m1/s1. The lowest BCUT2D eigenvalue weighted by molar-refractivity contribution is 0.107. The molecule has 38 heavy (non-hydrogen) atoms. The van der Waals surface area contributed by atoms with Gasteiger partial charge in [0, 0.05) is 31.3 Å². The molecule has 0 radical (unpaired) electrons. The summed E-state index contributed by atoms with van der Waals surface area (Å²) in [5.41, 5.74) is 6.71. The van der Waals surface area contributed by atoms with E-state index in [-0.39, 0.29) is 40.3 Å². The normalized spacial score (nSPS) is 28.3. The Morgan fingerprint density at radius 1 is 1.29 bits per heavy atom. The second-order valence-corrected chi connectivity index (χ2v) is 11.4. The van der Waals surface area contributed by atoms with Crippen LogP contribution >= 0.6 is 15.9 Å². The van der Waals surface area contributed by atoms with Crippen molar-refractivity contribution in [1.82, 2.24) is 19.9 Å². The Hall–Kier alpha value is -2.83. The van der Waals surface area contributed by atoms with Gasteiger partial charge in [0.15, 0.2) is 5.82 Å². The zero-order valence-corrected chi connectivity index (χ0v) is 22.2. The van der Waals surface area contributed by atoms with Gasteiger partial charge in [-0.05, 0) is 47.4 Å². The quantitative estimate of drug-likeness (QED) is 0.479. The third-order valence-corrected chi connectivity index (χ3v) is 8.82. The maximum atomic E-state index is 15.6. The van der Waals surface area contributed by atoms with Crippen molar-refractivity contribution in [2.24, 2.45) is 0 Å². The summed E-state index contributed by atoms with van der Waals surface area (Å²) in [7, 11) is 0. The number of hydrogen-bond donors (Lipinski definition) is 1. The van der Waals surface area contributed by atoms with Crippen molar-refractivity contribution < 1.29 is 23.0 Å². The van der Waals surface area contributed by atoms with Crippen molar-refractivity contribution in [1.29, 1.82) is 0 Å². The van der Waals surface area contributed by atoms with E-state index in [0.717, 1.165) is 24.9 Å². The van der Waals surface area contributed by atoms with Crippen molar-refractivity contribution in [3.8, 4) is 11.8 Å². The van der Waals surface area contributed by atoms with E-state index in [2.05, 4.69) is 30.8 Å². The molecule has 2 N–H and O–H groups in total. The molecule has 12 heteroatoms. The molecule has 200 valence electrons. The zero-order valence-electron chi connectivity index (χ0n) is 20.6. The maximum absolute atomic E-state index is 15.6. The predicted molar refractivity (Wildman–Crippen MR) is 140 cm³/mol. The lowest BCUT2D eigenvalue weighted by Gasteiger charge is -2.32. The Balaban J connectivity index is 1.34. The largest absolute Gasteiger partial charge is 0.485 e. The molecular weight excluding hydrogens is 562 g/mol. The third kappa shape index (κ3) is 3.87. The molecule has 0 bridgehead atoms. The van der Waals surface area contributed by atoms with Crippen LogP contribution in [0.25, 0.3) is 10.9 Å². The number of alkyl halides is 1. The van der Waals surface area contributed by atoms with Gasteiger partial charge in [0.1, 0.15) is 41.8 Å². The summed E-state index contributed by atoms with van der Waals surface area (Å²) in [5.74, 6) is 0.812. The summed E-state index contributed by atoms with van der Waals surface area (Å²) >= 11 is 3.32. The van der Waals surface area contributed by atoms with Crippen LogP contribution in [0.15, 0.2) is 28.9 Å². The first-order valence-corrected chi connectivity index (χ1v) is 13.6. The lowest BCUT2D eigenvalue weighted by Crippen LogP contribution is -2.45. The number of nitrogens with two attached hydrogens (primary N) is 1. The molecule has 0 aliphatic carbocycles. The van der Waals surface area contributed by atoms with Crippen LogP contribution in [0, 0.1) is 5.82 Å². The van der Waals surface area contributed by atoms with Crippen LogP contribution in [0.5, 0.6) is 11.8 Å². The lowest BCUT2D eigenvalue weighted by atomic mass is 9.95. The Kier molecular flexibility index (Phi) is 5.82. The molecule has 7 rings (SSSR count).